The fourth-order valence-corrected chi connectivity index (χ4v) is 2.55. The second-order valence-electron chi connectivity index (χ2n) is 5.59. The Morgan fingerprint density at radius 1 is 1.15 bits per heavy atom. The molecule has 0 saturated heterocycles. The lowest BCUT2D eigenvalue weighted by Crippen LogP contribution is -2.26. The van der Waals surface area contributed by atoms with Gasteiger partial charge in [0.2, 0.25) is 0 Å². The Kier molecular flexibility index (Phi) is 7.01. The molecule has 8 heteroatoms. The number of carbonyl (C=O) groups excluding carboxylic acids is 2. The standard InChI is InChI=1S/C19H19ClFNO5/c1-22(10-13-14(20)5-4-6-15(13)21)19(24)12-7-8-16(17(9-12)25-2)27-11-18(23)26-3/h4-9H,10-11H2,1-3H3. The highest BCUT2D eigenvalue weighted by Crippen LogP contribution is 2.29. The second-order valence-corrected chi connectivity index (χ2v) is 6.00. The predicted octanol–water partition coefficient (Wildman–Crippen LogP) is 3.31. The summed E-state index contributed by atoms with van der Waals surface area (Å²) in [4.78, 5) is 25.2. The molecule has 2 rings (SSSR count). The summed E-state index contributed by atoms with van der Waals surface area (Å²) < 4.78 is 29.0. The number of halogens is 2. The summed E-state index contributed by atoms with van der Waals surface area (Å²) >= 11 is 6.01. The lowest BCUT2D eigenvalue weighted by atomic mass is 10.1. The van der Waals surface area contributed by atoms with Crippen molar-refractivity contribution in [3.05, 3.63) is 58.4 Å². The number of methoxy groups -OCH3 is 2. The molecule has 0 N–H and O–H groups in total. The molecule has 0 fully saturated rings. The number of hydrogen-bond donors (Lipinski definition) is 0. The first-order chi connectivity index (χ1) is 12.9. The van der Waals surface area contributed by atoms with Crippen molar-refractivity contribution in [1.29, 1.82) is 0 Å². The van der Waals surface area contributed by atoms with E-state index >= 15 is 0 Å². The summed E-state index contributed by atoms with van der Waals surface area (Å²) in [5.74, 6) is -0.807. The number of nitrogens with zero attached hydrogens (tertiary/aromatic N) is 1. The fraction of sp³-hybridized carbons (Fsp3) is 0.263. The first-order valence-corrected chi connectivity index (χ1v) is 8.31. The molecule has 0 unspecified atom stereocenters. The maximum Gasteiger partial charge on any atom is 0.343 e. The van der Waals surface area contributed by atoms with Crippen LogP contribution in [0.2, 0.25) is 5.02 Å². The minimum Gasteiger partial charge on any atom is -0.493 e. The van der Waals surface area contributed by atoms with Crippen molar-refractivity contribution in [2.24, 2.45) is 0 Å². The summed E-state index contributed by atoms with van der Waals surface area (Å²) in [6, 6.07) is 8.87. The van der Waals surface area contributed by atoms with Crippen molar-refractivity contribution < 1.29 is 28.2 Å². The molecule has 144 valence electrons. The van der Waals surface area contributed by atoms with Crippen LogP contribution in [0.5, 0.6) is 11.5 Å². The van der Waals surface area contributed by atoms with Crippen molar-refractivity contribution in [3.63, 3.8) is 0 Å². The Hall–Kier alpha value is -2.80. The molecule has 0 radical (unpaired) electrons. The van der Waals surface area contributed by atoms with E-state index in [-0.39, 0.29) is 35.4 Å². The average Bonchev–Trinajstić information content (AvgIpc) is 2.68. The van der Waals surface area contributed by atoms with E-state index in [9.17, 15) is 14.0 Å². The number of carbonyl (C=O) groups is 2. The zero-order valence-electron chi connectivity index (χ0n) is 15.1. The smallest absolute Gasteiger partial charge is 0.343 e. The minimum atomic E-state index is -0.543. The van der Waals surface area contributed by atoms with Crippen LogP contribution in [0, 0.1) is 5.82 Å². The van der Waals surface area contributed by atoms with Gasteiger partial charge >= 0.3 is 5.97 Å². The van der Waals surface area contributed by atoms with Gasteiger partial charge in [-0.2, -0.15) is 0 Å². The van der Waals surface area contributed by atoms with Crippen LogP contribution in [0.15, 0.2) is 36.4 Å². The zero-order valence-corrected chi connectivity index (χ0v) is 15.9. The average molecular weight is 396 g/mol. The first-order valence-electron chi connectivity index (χ1n) is 7.93. The molecule has 6 nitrogen and oxygen atoms in total. The normalized spacial score (nSPS) is 10.3. The van der Waals surface area contributed by atoms with Crippen molar-refractivity contribution in [2.75, 3.05) is 27.9 Å². The van der Waals surface area contributed by atoms with Crippen LogP contribution in [-0.4, -0.2) is 44.7 Å². The van der Waals surface area contributed by atoms with E-state index in [0.717, 1.165) is 0 Å². The third kappa shape index (κ3) is 5.10. The Bertz CT molecular complexity index is 823. The topological polar surface area (TPSA) is 65.1 Å². The highest BCUT2D eigenvalue weighted by atomic mass is 35.5. The molecule has 0 aliphatic carbocycles. The van der Waals surface area contributed by atoms with Gasteiger partial charge in [0.05, 0.1) is 14.2 Å². The van der Waals surface area contributed by atoms with E-state index in [1.165, 1.54) is 49.5 Å². The van der Waals surface area contributed by atoms with Crippen LogP contribution in [0.1, 0.15) is 15.9 Å². The highest BCUT2D eigenvalue weighted by Gasteiger charge is 2.18. The molecule has 0 bridgehead atoms. The largest absolute Gasteiger partial charge is 0.493 e. The number of esters is 1. The van der Waals surface area contributed by atoms with Crippen LogP contribution < -0.4 is 9.47 Å². The lowest BCUT2D eigenvalue weighted by Gasteiger charge is -2.19. The molecular weight excluding hydrogens is 377 g/mol. The summed E-state index contributed by atoms with van der Waals surface area (Å²) in [6.45, 7) is -0.279. The van der Waals surface area contributed by atoms with Crippen LogP contribution in [0.4, 0.5) is 4.39 Å². The van der Waals surface area contributed by atoms with Gasteiger partial charge in [-0.3, -0.25) is 4.79 Å². The summed E-state index contributed by atoms with van der Waals surface area (Å²) in [6.07, 6.45) is 0. The summed E-state index contributed by atoms with van der Waals surface area (Å²) in [5, 5.41) is 0.249. The molecule has 0 saturated carbocycles. The zero-order chi connectivity index (χ0) is 20.0. The molecular formula is C19H19ClFNO5. The molecule has 27 heavy (non-hydrogen) atoms. The molecule has 2 aromatic rings. The second kappa shape index (κ2) is 9.23. The van der Waals surface area contributed by atoms with Gasteiger partial charge in [-0.05, 0) is 30.3 Å². The van der Waals surface area contributed by atoms with Gasteiger partial charge in [0, 0.05) is 29.7 Å². The van der Waals surface area contributed by atoms with Gasteiger partial charge in [0.15, 0.2) is 18.1 Å². The van der Waals surface area contributed by atoms with Crippen LogP contribution in [0.25, 0.3) is 0 Å². The Labute approximate surface area is 161 Å². The lowest BCUT2D eigenvalue weighted by molar-refractivity contribution is -0.142. The quantitative estimate of drug-likeness (QED) is 0.673. The van der Waals surface area contributed by atoms with E-state index in [0.29, 0.717) is 11.3 Å². The molecule has 0 atom stereocenters. The van der Waals surface area contributed by atoms with Gasteiger partial charge in [0.1, 0.15) is 5.82 Å². The third-order valence-corrected chi connectivity index (χ3v) is 4.14. The number of amides is 1. The van der Waals surface area contributed by atoms with Crippen LogP contribution in [0.3, 0.4) is 0 Å². The van der Waals surface area contributed by atoms with E-state index in [4.69, 9.17) is 21.1 Å². The third-order valence-electron chi connectivity index (χ3n) is 3.79. The minimum absolute atomic E-state index is 0.00719. The van der Waals surface area contributed by atoms with Gasteiger partial charge in [-0.1, -0.05) is 17.7 Å². The van der Waals surface area contributed by atoms with Crippen LogP contribution in [-0.2, 0) is 16.1 Å². The first kappa shape index (κ1) is 20.5. The maximum atomic E-state index is 13.9. The summed E-state index contributed by atoms with van der Waals surface area (Å²) in [5.41, 5.74) is 0.548. The molecule has 0 heterocycles. The number of benzene rings is 2. The maximum absolute atomic E-state index is 13.9. The molecule has 0 aliphatic heterocycles. The molecule has 2 aromatic carbocycles. The molecule has 0 aliphatic rings. The van der Waals surface area contributed by atoms with Crippen molar-refractivity contribution in [3.8, 4) is 11.5 Å². The van der Waals surface area contributed by atoms with Crippen molar-refractivity contribution in [1.82, 2.24) is 4.90 Å². The van der Waals surface area contributed by atoms with Gasteiger partial charge in [-0.25, -0.2) is 9.18 Å². The van der Waals surface area contributed by atoms with E-state index < -0.39 is 11.8 Å². The monoisotopic (exact) mass is 395 g/mol. The Balaban J connectivity index is 2.16. The van der Waals surface area contributed by atoms with E-state index in [2.05, 4.69) is 4.74 Å². The van der Waals surface area contributed by atoms with Crippen molar-refractivity contribution >= 4 is 23.5 Å². The number of hydrogen-bond acceptors (Lipinski definition) is 5. The number of ether oxygens (including phenoxy) is 3. The number of rotatable bonds is 7. The summed E-state index contributed by atoms with van der Waals surface area (Å²) in [7, 11) is 4.21. The van der Waals surface area contributed by atoms with E-state index in [1.54, 1.807) is 13.1 Å². The van der Waals surface area contributed by atoms with Gasteiger partial charge in [0.25, 0.3) is 5.91 Å². The Morgan fingerprint density at radius 3 is 2.52 bits per heavy atom. The molecule has 1 amide bonds. The van der Waals surface area contributed by atoms with E-state index in [1.807, 2.05) is 0 Å². The fourth-order valence-electron chi connectivity index (χ4n) is 2.33. The predicted molar refractivity (Wildman–Crippen MR) is 97.7 cm³/mol. The van der Waals surface area contributed by atoms with Gasteiger partial charge < -0.3 is 19.1 Å². The van der Waals surface area contributed by atoms with Crippen LogP contribution >= 0.6 is 11.6 Å². The molecule has 0 spiro atoms. The molecule has 0 aromatic heterocycles. The van der Waals surface area contributed by atoms with Gasteiger partial charge in [-0.15, -0.1) is 0 Å². The highest BCUT2D eigenvalue weighted by molar-refractivity contribution is 6.31. The van der Waals surface area contributed by atoms with Crippen molar-refractivity contribution in [2.45, 2.75) is 6.54 Å². The Morgan fingerprint density at radius 2 is 1.89 bits per heavy atom. The SMILES string of the molecule is COC(=O)COc1ccc(C(=O)N(C)Cc2c(F)cccc2Cl)cc1OC.